The molecule has 2 aromatic carbocycles. The number of anilines is 1. The number of amides is 1. The van der Waals surface area contributed by atoms with Crippen LogP contribution in [0.5, 0.6) is 11.5 Å². The second kappa shape index (κ2) is 10.4. The number of para-hydroxylation sites is 1. The van der Waals surface area contributed by atoms with E-state index in [1.165, 1.54) is 0 Å². The molecule has 5 heteroatoms. The van der Waals surface area contributed by atoms with Crippen molar-refractivity contribution in [2.75, 3.05) is 25.1 Å². The molecule has 0 fully saturated rings. The Kier molecular flexibility index (Phi) is 7.79. The molecule has 2 rings (SSSR count). The second-order valence-electron chi connectivity index (χ2n) is 5.59. The van der Waals surface area contributed by atoms with Crippen molar-refractivity contribution in [2.45, 2.75) is 26.8 Å². The van der Waals surface area contributed by atoms with E-state index in [9.17, 15) is 4.79 Å². The summed E-state index contributed by atoms with van der Waals surface area (Å²) in [7, 11) is 0. The van der Waals surface area contributed by atoms with Crippen LogP contribution in [0.4, 0.5) is 5.69 Å². The van der Waals surface area contributed by atoms with Gasteiger partial charge in [-0.15, -0.1) is 0 Å². The summed E-state index contributed by atoms with van der Waals surface area (Å²) in [6, 6.07) is 15.0. The molecule has 0 unspecified atom stereocenters. The smallest absolute Gasteiger partial charge is 0.262 e. The minimum atomic E-state index is -0.185. The Morgan fingerprint density at radius 2 is 1.64 bits per heavy atom. The average Bonchev–Trinajstić information content (AvgIpc) is 2.65. The van der Waals surface area contributed by atoms with Gasteiger partial charge in [0.25, 0.3) is 5.91 Å². The molecular formula is C20H26N2O3. The van der Waals surface area contributed by atoms with Crippen LogP contribution in [0.1, 0.15) is 25.8 Å². The number of rotatable bonds is 10. The topological polar surface area (TPSA) is 59.6 Å². The van der Waals surface area contributed by atoms with E-state index < -0.39 is 0 Å². The van der Waals surface area contributed by atoms with Crippen LogP contribution >= 0.6 is 0 Å². The normalized spacial score (nSPS) is 10.3. The fourth-order valence-electron chi connectivity index (χ4n) is 2.24. The molecule has 0 aliphatic rings. The predicted octanol–water partition coefficient (Wildman–Crippen LogP) is 3.60. The Hall–Kier alpha value is -2.53. The van der Waals surface area contributed by atoms with E-state index in [0.717, 1.165) is 30.0 Å². The molecule has 0 aliphatic carbocycles. The largest absolute Gasteiger partial charge is 0.494 e. The van der Waals surface area contributed by atoms with Gasteiger partial charge < -0.3 is 20.1 Å². The molecule has 2 N–H and O–H groups in total. The van der Waals surface area contributed by atoms with Gasteiger partial charge in [0.1, 0.15) is 11.5 Å². The minimum absolute atomic E-state index is 0.0370. The van der Waals surface area contributed by atoms with E-state index in [2.05, 4.69) is 17.6 Å². The third-order valence-electron chi connectivity index (χ3n) is 3.52. The molecule has 0 radical (unpaired) electrons. The van der Waals surface area contributed by atoms with Gasteiger partial charge in [0.05, 0.1) is 6.61 Å². The number of ether oxygens (including phenoxy) is 2. The molecule has 5 nitrogen and oxygen atoms in total. The number of hydrogen-bond acceptors (Lipinski definition) is 4. The summed E-state index contributed by atoms with van der Waals surface area (Å²) in [4.78, 5) is 12.1. The van der Waals surface area contributed by atoms with Crippen LogP contribution in [0.2, 0.25) is 0 Å². The van der Waals surface area contributed by atoms with Crippen molar-refractivity contribution < 1.29 is 14.3 Å². The first-order valence-corrected chi connectivity index (χ1v) is 8.67. The lowest BCUT2D eigenvalue weighted by molar-refractivity contribution is -0.118. The van der Waals surface area contributed by atoms with Gasteiger partial charge in [0.15, 0.2) is 6.61 Å². The molecule has 0 saturated carbocycles. The molecule has 25 heavy (non-hydrogen) atoms. The van der Waals surface area contributed by atoms with E-state index in [1.807, 2.05) is 43.3 Å². The highest BCUT2D eigenvalue weighted by atomic mass is 16.5. The van der Waals surface area contributed by atoms with Crippen LogP contribution in [0, 0.1) is 0 Å². The number of carbonyl (C=O) groups is 1. The molecule has 0 spiro atoms. The monoisotopic (exact) mass is 342 g/mol. The predicted molar refractivity (Wildman–Crippen MR) is 100 cm³/mol. The highest BCUT2D eigenvalue weighted by Gasteiger charge is 2.07. The zero-order valence-electron chi connectivity index (χ0n) is 14.9. The molecular weight excluding hydrogens is 316 g/mol. The first-order chi connectivity index (χ1) is 12.2. The maximum absolute atomic E-state index is 12.1. The zero-order valence-corrected chi connectivity index (χ0v) is 14.9. The minimum Gasteiger partial charge on any atom is -0.494 e. The maximum atomic E-state index is 12.1. The quantitative estimate of drug-likeness (QED) is 0.692. The van der Waals surface area contributed by atoms with Gasteiger partial charge in [0.2, 0.25) is 0 Å². The summed E-state index contributed by atoms with van der Waals surface area (Å²) in [6.45, 7) is 6.36. The molecule has 0 aliphatic heterocycles. The first kappa shape index (κ1) is 18.8. The molecule has 0 atom stereocenters. The molecule has 0 aromatic heterocycles. The van der Waals surface area contributed by atoms with Gasteiger partial charge in [-0.3, -0.25) is 4.79 Å². The van der Waals surface area contributed by atoms with Gasteiger partial charge in [0, 0.05) is 12.2 Å². The van der Waals surface area contributed by atoms with E-state index >= 15 is 0 Å². The fraction of sp³-hybridized carbons (Fsp3) is 0.350. The molecule has 0 saturated heterocycles. The van der Waals surface area contributed by atoms with E-state index in [0.29, 0.717) is 18.9 Å². The molecule has 0 heterocycles. The van der Waals surface area contributed by atoms with Gasteiger partial charge in [-0.2, -0.15) is 0 Å². The first-order valence-electron chi connectivity index (χ1n) is 8.67. The number of carbonyl (C=O) groups excluding carboxylic acids is 1. The lowest BCUT2D eigenvalue weighted by atomic mass is 10.1. The second-order valence-corrected chi connectivity index (χ2v) is 5.59. The highest BCUT2D eigenvalue weighted by Crippen LogP contribution is 2.18. The summed E-state index contributed by atoms with van der Waals surface area (Å²) in [5, 5.41) is 6.16. The molecule has 2 aromatic rings. The number of benzene rings is 2. The van der Waals surface area contributed by atoms with Crippen molar-refractivity contribution in [3.63, 3.8) is 0 Å². The summed E-state index contributed by atoms with van der Waals surface area (Å²) >= 11 is 0. The third kappa shape index (κ3) is 6.47. The van der Waals surface area contributed by atoms with Crippen LogP contribution in [0.15, 0.2) is 48.5 Å². The summed E-state index contributed by atoms with van der Waals surface area (Å²) in [5.41, 5.74) is 1.86. The Balaban J connectivity index is 1.84. The summed E-state index contributed by atoms with van der Waals surface area (Å²) < 4.78 is 11.1. The van der Waals surface area contributed by atoms with Crippen LogP contribution in [0.3, 0.4) is 0 Å². The highest BCUT2D eigenvalue weighted by molar-refractivity contribution is 5.92. The van der Waals surface area contributed by atoms with Crippen LogP contribution < -0.4 is 20.1 Å². The van der Waals surface area contributed by atoms with Crippen molar-refractivity contribution in [3.8, 4) is 11.5 Å². The van der Waals surface area contributed by atoms with E-state index in [1.54, 1.807) is 12.1 Å². The molecule has 0 bridgehead atoms. The Morgan fingerprint density at radius 3 is 2.32 bits per heavy atom. The van der Waals surface area contributed by atoms with Crippen LogP contribution in [0.25, 0.3) is 0 Å². The standard InChI is InChI=1S/C20H26N2O3/c1-3-13-24-17-9-11-18(12-10-17)25-15-20(23)22-19-8-6-5-7-16(19)14-21-4-2/h5-12,21H,3-4,13-15H2,1-2H3,(H,22,23). The zero-order chi connectivity index (χ0) is 17.9. The summed E-state index contributed by atoms with van der Waals surface area (Å²) in [5.74, 6) is 1.26. The third-order valence-corrected chi connectivity index (χ3v) is 3.52. The Morgan fingerprint density at radius 1 is 0.960 bits per heavy atom. The van der Waals surface area contributed by atoms with Crippen molar-refractivity contribution in [2.24, 2.45) is 0 Å². The molecule has 134 valence electrons. The van der Waals surface area contributed by atoms with Gasteiger partial charge in [-0.05, 0) is 48.9 Å². The number of hydrogen-bond donors (Lipinski definition) is 2. The van der Waals surface area contributed by atoms with E-state index in [4.69, 9.17) is 9.47 Å². The van der Waals surface area contributed by atoms with Gasteiger partial charge >= 0.3 is 0 Å². The van der Waals surface area contributed by atoms with Crippen molar-refractivity contribution in [1.82, 2.24) is 5.32 Å². The number of nitrogens with one attached hydrogen (secondary N) is 2. The Bertz CT molecular complexity index is 656. The van der Waals surface area contributed by atoms with Crippen molar-refractivity contribution in [3.05, 3.63) is 54.1 Å². The SMILES string of the molecule is CCCOc1ccc(OCC(=O)Nc2ccccc2CNCC)cc1. The van der Waals surface area contributed by atoms with Crippen LogP contribution in [-0.2, 0) is 11.3 Å². The summed E-state index contributed by atoms with van der Waals surface area (Å²) in [6.07, 6.45) is 0.966. The van der Waals surface area contributed by atoms with Gasteiger partial charge in [-0.25, -0.2) is 0 Å². The Labute approximate surface area is 149 Å². The van der Waals surface area contributed by atoms with Crippen molar-refractivity contribution in [1.29, 1.82) is 0 Å². The average molecular weight is 342 g/mol. The lowest BCUT2D eigenvalue weighted by Crippen LogP contribution is -2.22. The lowest BCUT2D eigenvalue weighted by Gasteiger charge is -2.12. The maximum Gasteiger partial charge on any atom is 0.262 e. The van der Waals surface area contributed by atoms with Crippen LogP contribution in [-0.4, -0.2) is 25.7 Å². The van der Waals surface area contributed by atoms with Gasteiger partial charge in [-0.1, -0.05) is 32.0 Å². The van der Waals surface area contributed by atoms with E-state index in [-0.39, 0.29) is 12.5 Å². The fourth-order valence-corrected chi connectivity index (χ4v) is 2.24. The van der Waals surface area contributed by atoms with Crippen molar-refractivity contribution >= 4 is 11.6 Å². The molecule has 1 amide bonds.